The van der Waals surface area contributed by atoms with E-state index in [1.165, 1.54) is 48.2 Å². The van der Waals surface area contributed by atoms with E-state index in [2.05, 4.69) is 25.7 Å². The molecule has 0 fully saturated rings. The summed E-state index contributed by atoms with van der Waals surface area (Å²) in [7, 11) is 0. The van der Waals surface area contributed by atoms with E-state index in [0.29, 0.717) is 0 Å². The molecule has 1 heteroatoms. The van der Waals surface area contributed by atoms with Crippen molar-refractivity contribution < 1.29 is 0 Å². The quantitative estimate of drug-likeness (QED) is 0.530. The molecule has 62 valence electrons. The Labute approximate surface area is 79.9 Å². The van der Waals surface area contributed by atoms with Crippen LogP contribution < -0.4 is 0 Å². The minimum atomic E-state index is 0.904. The zero-order valence-corrected chi connectivity index (χ0v) is 11.3. The average Bonchev–Trinajstić information content (AvgIpc) is 1.92. The summed E-state index contributed by atoms with van der Waals surface area (Å²) in [6, 6.07) is 0. The molecule has 0 N–H and O–H groups in total. The van der Waals surface area contributed by atoms with Crippen LogP contribution in [0, 0.1) is 5.92 Å². The van der Waals surface area contributed by atoms with Crippen molar-refractivity contribution in [2.45, 2.75) is 51.4 Å². The van der Waals surface area contributed by atoms with Crippen LogP contribution in [0.25, 0.3) is 0 Å². The van der Waals surface area contributed by atoms with Gasteiger partial charge in [0, 0.05) is 0 Å². The molecule has 0 amide bonds. The van der Waals surface area contributed by atoms with Crippen LogP contribution in [-0.4, -0.2) is 22.5 Å². The van der Waals surface area contributed by atoms with Crippen molar-refractivity contribution in [3.8, 4) is 0 Å². The van der Waals surface area contributed by atoms with Gasteiger partial charge in [-0.3, -0.25) is 0 Å². The third kappa shape index (κ3) is 15.9. The van der Waals surface area contributed by atoms with Gasteiger partial charge >= 0.3 is 27.5 Å². The van der Waals surface area contributed by atoms with Gasteiger partial charge in [0.1, 0.15) is 0 Å². The van der Waals surface area contributed by atoms with Crippen LogP contribution >= 0.6 is 0 Å². The summed E-state index contributed by atoms with van der Waals surface area (Å²) in [5, 5.41) is 0. The van der Waals surface area contributed by atoms with Crippen LogP contribution in [0.1, 0.15) is 46.5 Å². The second kappa shape index (κ2) is 12.5. The van der Waals surface area contributed by atoms with E-state index in [1.807, 2.05) is 0 Å². The van der Waals surface area contributed by atoms with E-state index in [9.17, 15) is 0 Å². The monoisotopic (exact) mass is 250 g/mol. The predicted octanol–water partition coefficient (Wildman–Crippen LogP) is 3.16. The molecule has 0 bridgehead atoms. The summed E-state index contributed by atoms with van der Waals surface area (Å²) < 4.78 is 0. The Bertz CT molecular complexity index is 42.0. The first kappa shape index (κ1) is 13.4. The first-order chi connectivity index (χ1) is 4.77. The summed E-state index contributed by atoms with van der Waals surface area (Å²) in [5.41, 5.74) is 0. The molecular formula is C9H22Sn. The van der Waals surface area contributed by atoms with Crippen LogP contribution in [0.4, 0.5) is 0 Å². The maximum absolute atomic E-state index is 2.29. The number of rotatable bonds is 4. The number of unbranched alkanes of at least 4 members (excludes halogenated alkanes) is 2. The van der Waals surface area contributed by atoms with Gasteiger partial charge in [-0.15, -0.1) is 0 Å². The SMILES string of the molecule is CCCCCC(C)C.[CH3][SnH]. The van der Waals surface area contributed by atoms with Crippen molar-refractivity contribution in [3.63, 3.8) is 0 Å². The van der Waals surface area contributed by atoms with Crippen molar-refractivity contribution in [1.82, 2.24) is 0 Å². The Kier molecular flexibility index (Phi) is 16.7. The summed E-state index contributed by atoms with van der Waals surface area (Å²) in [6.45, 7) is 6.83. The summed E-state index contributed by atoms with van der Waals surface area (Å²) >= 11 is 1.35. The van der Waals surface area contributed by atoms with Gasteiger partial charge < -0.3 is 0 Å². The maximum atomic E-state index is 2.29. The Hall–Kier alpha value is 0.799. The molecule has 0 aliphatic rings. The molecule has 0 rings (SSSR count). The summed E-state index contributed by atoms with van der Waals surface area (Å²) in [4.78, 5) is 2.13. The van der Waals surface area contributed by atoms with E-state index in [1.54, 1.807) is 0 Å². The first-order valence-corrected chi connectivity index (χ1v) is 7.64. The Morgan fingerprint density at radius 3 is 1.90 bits per heavy atom. The first-order valence-electron chi connectivity index (χ1n) is 4.35. The molecule has 0 saturated heterocycles. The van der Waals surface area contributed by atoms with E-state index in [4.69, 9.17) is 0 Å². The van der Waals surface area contributed by atoms with E-state index >= 15 is 0 Å². The normalized spacial score (nSPS) is 9.00. The average molecular weight is 249 g/mol. The fourth-order valence-corrected chi connectivity index (χ4v) is 0.803. The molecule has 0 saturated carbocycles. The third-order valence-corrected chi connectivity index (χ3v) is 1.39. The van der Waals surface area contributed by atoms with Crippen molar-refractivity contribution in [3.05, 3.63) is 0 Å². The van der Waals surface area contributed by atoms with Gasteiger partial charge in [0.05, 0.1) is 0 Å². The van der Waals surface area contributed by atoms with Crippen LogP contribution in [0.5, 0.6) is 0 Å². The molecule has 0 aromatic carbocycles. The topological polar surface area (TPSA) is 0 Å². The third-order valence-electron chi connectivity index (χ3n) is 1.39. The molecule has 0 nitrogen and oxygen atoms in total. The van der Waals surface area contributed by atoms with Crippen molar-refractivity contribution >= 4 is 22.5 Å². The molecule has 10 heavy (non-hydrogen) atoms. The fraction of sp³-hybridized carbons (Fsp3) is 1.00. The Morgan fingerprint density at radius 2 is 1.60 bits per heavy atom. The standard InChI is InChI=1S/C8H18.CH3.Sn.H/c1-4-5-6-7-8(2)3;;;/h8H,4-7H2,1-3H3;1H3;;. The van der Waals surface area contributed by atoms with Crippen LogP contribution in [0.15, 0.2) is 0 Å². The fourth-order valence-electron chi connectivity index (χ4n) is 0.803. The number of hydrogen-bond donors (Lipinski definition) is 0. The van der Waals surface area contributed by atoms with Crippen molar-refractivity contribution in [2.24, 2.45) is 5.92 Å². The molecule has 0 atom stereocenters. The zero-order chi connectivity index (χ0) is 8.41. The second-order valence-corrected chi connectivity index (χ2v) is 2.89. The van der Waals surface area contributed by atoms with Gasteiger partial charge in [0.25, 0.3) is 0 Å². The number of hydrogen-bond acceptors (Lipinski definition) is 0. The molecule has 0 aliphatic heterocycles. The van der Waals surface area contributed by atoms with Crippen molar-refractivity contribution in [2.75, 3.05) is 0 Å². The molecular weight excluding hydrogens is 227 g/mol. The molecule has 0 spiro atoms. The van der Waals surface area contributed by atoms with E-state index < -0.39 is 0 Å². The minimum absolute atomic E-state index is 0.904. The zero-order valence-electron chi connectivity index (χ0n) is 7.98. The molecule has 0 aromatic rings. The summed E-state index contributed by atoms with van der Waals surface area (Å²) in [5.74, 6) is 0.904. The Morgan fingerprint density at radius 1 is 1.10 bits per heavy atom. The van der Waals surface area contributed by atoms with Crippen molar-refractivity contribution in [1.29, 1.82) is 0 Å². The van der Waals surface area contributed by atoms with Crippen LogP contribution in [0.2, 0.25) is 4.94 Å². The molecule has 0 unspecified atom stereocenters. The van der Waals surface area contributed by atoms with E-state index in [0.717, 1.165) is 5.92 Å². The second-order valence-electron chi connectivity index (χ2n) is 2.89. The summed E-state index contributed by atoms with van der Waals surface area (Å²) in [6.07, 6.45) is 5.60. The van der Waals surface area contributed by atoms with Gasteiger partial charge in [-0.2, -0.15) is 0 Å². The molecule has 0 heterocycles. The Balaban J connectivity index is 0. The van der Waals surface area contributed by atoms with Gasteiger partial charge in [-0.1, -0.05) is 46.5 Å². The van der Waals surface area contributed by atoms with Gasteiger partial charge in [0.15, 0.2) is 0 Å². The molecule has 0 aromatic heterocycles. The van der Waals surface area contributed by atoms with Gasteiger partial charge in [-0.05, 0) is 5.92 Å². The predicted molar refractivity (Wildman–Crippen MR) is 52.0 cm³/mol. The van der Waals surface area contributed by atoms with Gasteiger partial charge in [0.2, 0.25) is 0 Å². The molecule has 2 radical (unpaired) electrons. The van der Waals surface area contributed by atoms with Gasteiger partial charge in [-0.25, -0.2) is 0 Å². The van der Waals surface area contributed by atoms with E-state index in [-0.39, 0.29) is 0 Å². The molecule has 0 aliphatic carbocycles. The van der Waals surface area contributed by atoms with Crippen LogP contribution in [-0.2, 0) is 0 Å². The van der Waals surface area contributed by atoms with Crippen LogP contribution in [0.3, 0.4) is 0 Å².